The van der Waals surface area contributed by atoms with Gasteiger partial charge in [0.05, 0.1) is 18.0 Å². The molecular weight excluding hydrogens is 436 g/mol. The van der Waals surface area contributed by atoms with E-state index >= 15 is 0 Å². The third-order valence-corrected chi connectivity index (χ3v) is 8.43. The van der Waals surface area contributed by atoms with Crippen LogP contribution in [0.4, 0.5) is 0 Å². The first-order valence-electron chi connectivity index (χ1n) is 11.6. The second-order valence-corrected chi connectivity index (χ2v) is 11.4. The Kier molecular flexibility index (Phi) is 7.85. The van der Waals surface area contributed by atoms with Crippen LogP contribution in [0.2, 0.25) is 0 Å². The predicted molar refractivity (Wildman–Crippen MR) is 131 cm³/mol. The largest absolute Gasteiger partial charge is 0.496 e. The van der Waals surface area contributed by atoms with Gasteiger partial charge in [0.1, 0.15) is 5.75 Å². The Morgan fingerprint density at radius 2 is 1.76 bits per heavy atom. The molecule has 1 saturated heterocycles. The SMILES string of the molecule is COc1cc(C)c([C@@H](C)NC(=O)c2cccc(S(=O)(=O)N3CCC(C)CC3)c2)cc1C(C)C. The van der Waals surface area contributed by atoms with E-state index < -0.39 is 10.0 Å². The van der Waals surface area contributed by atoms with Gasteiger partial charge >= 0.3 is 0 Å². The number of nitrogens with zero attached hydrogens (tertiary/aromatic N) is 1. The first-order valence-corrected chi connectivity index (χ1v) is 13.1. The van der Waals surface area contributed by atoms with E-state index in [4.69, 9.17) is 4.74 Å². The standard InChI is InChI=1S/C26H36N2O4S/c1-17(2)23-16-24(19(4)14-25(23)32-6)20(5)27-26(29)21-8-7-9-22(15-21)33(30,31)28-12-10-18(3)11-13-28/h7-9,14-18,20H,10-13H2,1-6H3,(H,27,29)/t20-/m1/s1. The van der Waals surface area contributed by atoms with Crippen molar-refractivity contribution >= 4 is 15.9 Å². The Morgan fingerprint density at radius 1 is 1.09 bits per heavy atom. The van der Waals surface area contributed by atoms with Crippen LogP contribution in [0, 0.1) is 12.8 Å². The molecule has 0 aromatic heterocycles. The topological polar surface area (TPSA) is 75.7 Å². The van der Waals surface area contributed by atoms with E-state index in [1.165, 1.54) is 10.4 Å². The molecular formula is C26H36N2O4S. The Hall–Kier alpha value is -2.38. The highest BCUT2D eigenvalue weighted by Gasteiger charge is 2.28. The van der Waals surface area contributed by atoms with E-state index in [0.717, 1.165) is 35.3 Å². The number of aryl methyl sites for hydroxylation is 1. The fourth-order valence-corrected chi connectivity index (χ4v) is 5.86. The van der Waals surface area contributed by atoms with Gasteiger partial charge in [-0.3, -0.25) is 4.79 Å². The number of nitrogens with one attached hydrogen (secondary N) is 1. The van der Waals surface area contributed by atoms with E-state index in [1.807, 2.05) is 19.9 Å². The van der Waals surface area contributed by atoms with Gasteiger partial charge < -0.3 is 10.1 Å². The monoisotopic (exact) mass is 472 g/mol. The zero-order chi connectivity index (χ0) is 24.3. The summed E-state index contributed by atoms with van der Waals surface area (Å²) in [6, 6.07) is 10.2. The average molecular weight is 473 g/mol. The number of hydrogen-bond donors (Lipinski definition) is 1. The average Bonchev–Trinajstić information content (AvgIpc) is 2.78. The molecule has 0 unspecified atom stereocenters. The maximum atomic E-state index is 13.1. The minimum absolute atomic E-state index is 0.167. The van der Waals surface area contributed by atoms with Gasteiger partial charge in [-0.1, -0.05) is 26.8 Å². The molecule has 0 spiro atoms. The van der Waals surface area contributed by atoms with Gasteiger partial charge in [-0.15, -0.1) is 0 Å². The zero-order valence-electron chi connectivity index (χ0n) is 20.5. The Bertz CT molecular complexity index is 1100. The molecule has 33 heavy (non-hydrogen) atoms. The van der Waals surface area contributed by atoms with E-state index in [-0.39, 0.29) is 22.8 Å². The highest BCUT2D eigenvalue weighted by molar-refractivity contribution is 7.89. The van der Waals surface area contributed by atoms with Crippen molar-refractivity contribution in [3.63, 3.8) is 0 Å². The number of methoxy groups -OCH3 is 1. The molecule has 1 aliphatic heterocycles. The van der Waals surface area contributed by atoms with Crippen LogP contribution in [-0.2, 0) is 10.0 Å². The summed E-state index contributed by atoms with van der Waals surface area (Å²) >= 11 is 0. The number of amides is 1. The molecule has 1 atom stereocenters. The minimum atomic E-state index is -3.61. The molecule has 1 amide bonds. The Morgan fingerprint density at radius 3 is 2.36 bits per heavy atom. The van der Waals surface area contributed by atoms with Gasteiger partial charge in [0.15, 0.2) is 0 Å². The van der Waals surface area contributed by atoms with Gasteiger partial charge in [0.2, 0.25) is 10.0 Å². The van der Waals surface area contributed by atoms with Gasteiger partial charge in [0, 0.05) is 18.7 Å². The first kappa shape index (κ1) is 25.2. The van der Waals surface area contributed by atoms with Crippen molar-refractivity contribution in [2.75, 3.05) is 20.2 Å². The van der Waals surface area contributed by atoms with Crippen molar-refractivity contribution in [3.8, 4) is 5.75 Å². The van der Waals surface area contributed by atoms with Crippen molar-refractivity contribution in [2.24, 2.45) is 5.92 Å². The third kappa shape index (κ3) is 5.58. The van der Waals surface area contributed by atoms with Crippen LogP contribution in [0.5, 0.6) is 5.75 Å². The quantitative estimate of drug-likeness (QED) is 0.613. The summed E-state index contributed by atoms with van der Waals surface area (Å²) < 4.78 is 33.3. The molecule has 0 bridgehead atoms. The van der Waals surface area contributed by atoms with Crippen LogP contribution in [0.25, 0.3) is 0 Å². The lowest BCUT2D eigenvalue weighted by molar-refractivity contribution is 0.0939. The van der Waals surface area contributed by atoms with Crippen molar-refractivity contribution in [1.29, 1.82) is 0 Å². The number of hydrogen-bond acceptors (Lipinski definition) is 4. The number of carbonyl (C=O) groups is 1. The fourth-order valence-electron chi connectivity index (χ4n) is 4.34. The number of ether oxygens (including phenoxy) is 1. The number of sulfonamides is 1. The number of carbonyl (C=O) groups excluding carboxylic acids is 1. The van der Waals surface area contributed by atoms with Gasteiger partial charge in [-0.25, -0.2) is 8.42 Å². The van der Waals surface area contributed by atoms with Crippen LogP contribution in [0.3, 0.4) is 0 Å². The molecule has 0 aliphatic carbocycles. The molecule has 0 radical (unpaired) electrons. The lowest BCUT2D eigenvalue weighted by Gasteiger charge is -2.29. The fraction of sp³-hybridized carbons (Fsp3) is 0.500. The molecule has 1 N–H and O–H groups in total. The molecule has 2 aromatic carbocycles. The number of piperidine rings is 1. The lowest BCUT2D eigenvalue weighted by Crippen LogP contribution is -2.38. The molecule has 1 fully saturated rings. The normalized spacial score (nSPS) is 16.6. The molecule has 7 heteroatoms. The van der Waals surface area contributed by atoms with Crippen LogP contribution in [0.1, 0.15) is 79.5 Å². The molecule has 0 saturated carbocycles. The summed E-state index contributed by atoms with van der Waals surface area (Å²) in [4.78, 5) is 13.2. The lowest BCUT2D eigenvalue weighted by atomic mass is 9.93. The third-order valence-electron chi connectivity index (χ3n) is 6.53. The number of rotatable bonds is 7. The minimum Gasteiger partial charge on any atom is -0.496 e. The molecule has 180 valence electrons. The molecule has 3 rings (SSSR count). The summed E-state index contributed by atoms with van der Waals surface area (Å²) in [5.41, 5.74) is 3.46. The smallest absolute Gasteiger partial charge is 0.251 e. The first-order chi connectivity index (χ1) is 15.5. The molecule has 2 aromatic rings. The summed E-state index contributed by atoms with van der Waals surface area (Å²) in [7, 11) is -1.95. The van der Waals surface area contributed by atoms with Gasteiger partial charge in [-0.2, -0.15) is 4.31 Å². The van der Waals surface area contributed by atoms with Crippen LogP contribution < -0.4 is 10.1 Å². The maximum Gasteiger partial charge on any atom is 0.251 e. The number of benzene rings is 2. The van der Waals surface area contributed by atoms with E-state index in [9.17, 15) is 13.2 Å². The summed E-state index contributed by atoms with van der Waals surface area (Å²) in [5.74, 6) is 1.36. The zero-order valence-corrected chi connectivity index (χ0v) is 21.3. The van der Waals surface area contributed by atoms with Crippen molar-refractivity contribution < 1.29 is 17.9 Å². The van der Waals surface area contributed by atoms with Gasteiger partial charge in [-0.05, 0) is 85.5 Å². The van der Waals surface area contributed by atoms with E-state index in [1.54, 1.807) is 25.3 Å². The maximum absolute atomic E-state index is 13.1. The van der Waals surface area contributed by atoms with E-state index in [0.29, 0.717) is 24.6 Å². The molecule has 1 aliphatic rings. The van der Waals surface area contributed by atoms with Crippen LogP contribution >= 0.6 is 0 Å². The highest BCUT2D eigenvalue weighted by Crippen LogP contribution is 2.32. The van der Waals surface area contributed by atoms with Crippen LogP contribution in [-0.4, -0.2) is 38.8 Å². The summed E-state index contributed by atoms with van der Waals surface area (Å²) in [6.07, 6.45) is 1.72. The predicted octanol–water partition coefficient (Wildman–Crippen LogP) is 5.04. The van der Waals surface area contributed by atoms with Crippen molar-refractivity contribution in [3.05, 3.63) is 58.7 Å². The second-order valence-electron chi connectivity index (χ2n) is 9.42. The van der Waals surface area contributed by atoms with Crippen LogP contribution in [0.15, 0.2) is 41.3 Å². The highest BCUT2D eigenvalue weighted by atomic mass is 32.2. The summed E-state index contributed by atoms with van der Waals surface area (Å²) in [6.45, 7) is 11.3. The molecule has 6 nitrogen and oxygen atoms in total. The summed E-state index contributed by atoms with van der Waals surface area (Å²) in [5, 5.41) is 3.03. The Balaban J connectivity index is 1.81. The molecule has 1 heterocycles. The van der Waals surface area contributed by atoms with Crippen molar-refractivity contribution in [2.45, 2.75) is 64.3 Å². The van der Waals surface area contributed by atoms with E-state index in [2.05, 4.69) is 32.2 Å². The van der Waals surface area contributed by atoms with Gasteiger partial charge in [0.25, 0.3) is 5.91 Å². The Labute approximate surface area is 198 Å². The second kappa shape index (κ2) is 10.3. The van der Waals surface area contributed by atoms with Crippen molar-refractivity contribution in [1.82, 2.24) is 9.62 Å².